The maximum atomic E-state index is 12.5. The number of hydrogen-bond donors (Lipinski definition) is 2. The second-order valence-corrected chi connectivity index (χ2v) is 6.75. The molecule has 0 saturated heterocycles. The zero-order valence-corrected chi connectivity index (χ0v) is 13.1. The van der Waals surface area contributed by atoms with Crippen molar-refractivity contribution in [3.8, 4) is 0 Å². The fourth-order valence-corrected chi connectivity index (χ4v) is 3.80. The summed E-state index contributed by atoms with van der Waals surface area (Å²) in [6.07, 6.45) is 0.566. The minimum Gasteiger partial charge on any atom is -0.409 e. The number of benzene rings is 1. The third-order valence-corrected chi connectivity index (χ3v) is 5.01. The Labute approximate surface area is 127 Å². The van der Waals surface area contributed by atoms with Crippen molar-refractivity contribution >= 4 is 39.1 Å². The van der Waals surface area contributed by atoms with Gasteiger partial charge in [-0.15, -0.1) is 0 Å². The number of sulfonamides is 1. The molecule has 0 heterocycles. The van der Waals surface area contributed by atoms with E-state index in [1.54, 1.807) is 0 Å². The Morgan fingerprint density at radius 1 is 1.45 bits per heavy atom. The van der Waals surface area contributed by atoms with E-state index in [2.05, 4.69) is 5.16 Å². The first-order chi connectivity index (χ1) is 9.32. The molecule has 0 aliphatic carbocycles. The number of amidine groups is 1. The minimum atomic E-state index is -3.88. The summed E-state index contributed by atoms with van der Waals surface area (Å²) in [7, 11) is -3.88. The molecule has 1 rings (SSSR count). The van der Waals surface area contributed by atoms with Crippen molar-refractivity contribution in [2.75, 3.05) is 13.1 Å². The molecule has 0 fully saturated rings. The van der Waals surface area contributed by atoms with E-state index in [1.165, 1.54) is 18.2 Å². The first-order valence-electron chi connectivity index (χ1n) is 5.74. The van der Waals surface area contributed by atoms with Gasteiger partial charge < -0.3 is 10.9 Å². The molecule has 9 heteroatoms. The molecule has 1 aromatic rings. The van der Waals surface area contributed by atoms with Crippen molar-refractivity contribution in [1.29, 1.82) is 0 Å². The average molecular weight is 340 g/mol. The van der Waals surface area contributed by atoms with Crippen molar-refractivity contribution in [3.63, 3.8) is 0 Å². The fourth-order valence-electron chi connectivity index (χ4n) is 1.56. The van der Waals surface area contributed by atoms with Gasteiger partial charge in [-0.3, -0.25) is 0 Å². The minimum absolute atomic E-state index is 0.0648. The van der Waals surface area contributed by atoms with E-state index in [1.807, 2.05) is 6.92 Å². The summed E-state index contributed by atoms with van der Waals surface area (Å²) >= 11 is 11.7. The van der Waals surface area contributed by atoms with Gasteiger partial charge in [0.1, 0.15) is 4.90 Å². The molecule has 0 spiro atoms. The molecule has 6 nitrogen and oxygen atoms in total. The lowest BCUT2D eigenvalue weighted by atomic mass is 10.4. The van der Waals surface area contributed by atoms with Gasteiger partial charge in [0.05, 0.1) is 11.6 Å². The normalized spacial score (nSPS) is 12.9. The van der Waals surface area contributed by atoms with Crippen LogP contribution in [0.4, 0.5) is 0 Å². The van der Waals surface area contributed by atoms with E-state index >= 15 is 0 Å². The van der Waals surface area contributed by atoms with Crippen LogP contribution >= 0.6 is 23.2 Å². The summed E-state index contributed by atoms with van der Waals surface area (Å²) in [6, 6.07) is 4.18. The predicted molar refractivity (Wildman–Crippen MR) is 78.9 cm³/mol. The van der Waals surface area contributed by atoms with Crippen LogP contribution in [-0.2, 0) is 10.0 Å². The predicted octanol–water partition coefficient (Wildman–Crippen LogP) is 2.14. The zero-order valence-electron chi connectivity index (χ0n) is 10.8. The molecule has 0 aliphatic rings. The highest BCUT2D eigenvalue weighted by molar-refractivity contribution is 7.89. The van der Waals surface area contributed by atoms with E-state index in [0.717, 1.165) is 4.31 Å². The molecule has 3 N–H and O–H groups in total. The molecule has 112 valence electrons. The average Bonchev–Trinajstić information content (AvgIpc) is 2.40. The van der Waals surface area contributed by atoms with Gasteiger partial charge in [-0.05, 0) is 24.6 Å². The molecule has 20 heavy (non-hydrogen) atoms. The van der Waals surface area contributed by atoms with E-state index < -0.39 is 10.0 Å². The Bertz CT molecular complexity index is 605. The largest absolute Gasteiger partial charge is 0.409 e. The Morgan fingerprint density at radius 2 is 2.10 bits per heavy atom. The van der Waals surface area contributed by atoms with Crippen molar-refractivity contribution in [2.45, 2.75) is 18.2 Å². The van der Waals surface area contributed by atoms with Crippen LogP contribution in [0.3, 0.4) is 0 Å². The number of rotatable bonds is 6. The summed E-state index contributed by atoms with van der Waals surface area (Å²) in [5, 5.41) is 11.7. The molecular weight excluding hydrogens is 325 g/mol. The van der Waals surface area contributed by atoms with E-state index in [9.17, 15) is 8.42 Å². The molecule has 0 unspecified atom stereocenters. The van der Waals surface area contributed by atoms with Gasteiger partial charge in [-0.2, -0.15) is 4.31 Å². The van der Waals surface area contributed by atoms with E-state index in [0.29, 0.717) is 6.42 Å². The maximum Gasteiger partial charge on any atom is 0.245 e. The van der Waals surface area contributed by atoms with Gasteiger partial charge in [0.15, 0.2) is 5.84 Å². The molecule has 0 atom stereocenters. The summed E-state index contributed by atoms with van der Waals surface area (Å²) in [6.45, 7) is 1.80. The number of nitrogens with zero attached hydrogens (tertiary/aromatic N) is 2. The van der Waals surface area contributed by atoms with Gasteiger partial charge in [0, 0.05) is 11.6 Å². The number of nitrogens with two attached hydrogens (primary N) is 1. The highest BCUT2D eigenvalue weighted by Crippen LogP contribution is 2.27. The second-order valence-electron chi connectivity index (χ2n) is 4.00. The van der Waals surface area contributed by atoms with Crippen molar-refractivity contribution in [2.24, 2.45) is 10.9 Å². The topological polar surface area (TPSA) is 96.0 Å². The van der Waals surface area contributed by atoms with Gasteiger partial charge in [0.25, 0.3) is 0 Å². The van der Waals surface area contributed by atoms with Crippen LogP contribution < -0.4 is 5.73 Å². The monoisotopic (exact) mass is 339 g/mol. The lowest BCUT2D eigenvalue weighted by molar-refractivity contribution is 0.314. The van der Waals surface area contributed by atoms with Crippen LogP contribution in [0.1, 0.15) is 13.3 Å². The van der Waals surface area contributed by atoms with Gasteiger partial charge in [0.2, 0.25) is 10.0 Å². The summed E-state index contributed by atoms with van der Waals surface area (Å²) < 4.78 is 26.2. The van der Waals surface area contributed by atoms with Crippen LogP contribution in [0.2, 0.25) is 10.0 Å². The molecule has 0 saturated carbocycles. The van der Waals surface area contributed by atoms with Crippen LogP contribution in [0.15, 0.2) is 28.3 Å². The fraction of sp³-hybridized carbons (Fsp3) is 0.364. The lowest BCUT2D eigenvalue weighted by Crippen LogP contribution is -2.39. The Kier molecular flexibility index (Phi) is 6.07. The molecule has 0 bridgehead atoms. The molecular formula is C11H15Cl2N3O3S. The summed E-state index contributed by atoms with van der Waals surface area (Å²) in [5.74, 6) is -0.208. The zero-order chi connectivity index (χ0) is 15.3. The quantitative estimate of drug-likeness (QED) is 0.359. The van der Waals surface area contributed by atoms with E-state index in [-0.39, 0.29) is 33.9 Å². The van der Waals surface area contributed by atoms with Gasteiger partial charge in [-0.1, -0.05) is 35.3 Å². The second kappa shape index (κ2) is 7.12. The maximum absolute atomic E-state index is 12.5. The van der Waals surface area contributed by atoms with E-state index in [4.69, 9.17) is 34.1 Å². The van der Waals surface area contributed by atoms with Crippen LogP contribution in [0, 0.1) is 0 Å². The smallest absolute Gasteiger partial charge is 0.245 e. The molecule has 0 aliphatic heterocycles. The third-order valence-electron chi connectivity index (χ3n) is 2.45. The molecule has 1 aromatic carbocycles. The molecule has 0 amide bonds. The lowest BCUT2D eigenvalue weighted by Gasteiger charge is -2.21. The highest BCUT2D eigenvalue weighted by atomic mass is 35.5. The number of halogens is 2. The van der Waals surface area contributed by atoms with Crippen LogP contribution in [0.5, 0.6) is 0 Å². The van der Waals surface area contributed by atoms with Crippen LogP contribution in [-0.4, -0.2) is 36.9 Å². The molecule has 0 aromatic heterocycles. The Morgan fingerprint density at radius 3 is 2.65 bits per heavy atom. The third kappa shape index (κ3) is 3.99. The first-order valence-corrected chi connectivity index (χ1v) is 7.94. The molecule has 0 radical (unpaired) electrons. The number of oxime groups is 1. The van der Waals surface area contributed by atoms with Gasteiger partial charge in [-0.25, -0.2) is 8.42 Å². The van der Waals surface area contributed by atoms with Crippen molar-refractivity contribution < 1.29 is 13.6 Å². The van der Waals surface area contributed by atoms with Crippen LogP contribution in [0.25, 0.3) is 0 Å². The summed E-state index contributed by atoms with van der Waals surface area (Å²) in [4.78, 5) is -0.106. The first kappa shape index (κ1) is 17.0. The Balaban J connectivity index is 3.25. The summed E-state index contributed by atoms with van der Waals surface area (Å²) in [5.41, 5.74) is 5.38. The SMILES string of the molecule is CCCN(CC(N)=NO)S(=O)(=O)c1cc(Cl)ccc1Cl. The van der Waals surface area contributed by atoms with Gasteiger partial charge >= 0.3 is 0 Å². The van der Waals surface area contributed by atoms with Crippen molar-refractivity contribution in [3.05, 3.63) is 28.2 Å². The number of hydrogen-bond acceptors (Lipinski definition) is 4. The van der Waals surface area contributed by atoms with Crippen molar-refractivity contribution in [1.82, 2.24) is 4.31 Å². The standard InChI is InChI=1S/C11H15Cl2N3O3S/c1-2-5-16(7-11(14)15-17)20(18,19)10-6-8(12)3-4-9(10)13/h3-4,6,17H,2,5,7H2,1H3,(H2,14,15). The Hall–Kier alpha value is -1.02. The highest BCUT2D eigenvalue weighted by Gasteiger charge is 2.27.